The second kappa shape index (κ2) is 11.4. The second-order valence-corrected chi connectivity index (χ2v) is 8.10. The molecule has 5 nitrogen and oxygen atoms in total. The maximum atomic E-state index is 13.5. The molecule has 1 N–H and O–H groups in total. The fourth-order valence-electron chi connectivity index (χ4n) is 2.30. The van der Waals surface area contributed by atoms with Crippen molar-refractivity contribution in [2.45, 2.75) is 58.5 Å². The van der Waals surface area contributed by atoms with E-state index in [1.54, 1.807) is 6.92 Å². The third-order valence-corrected chi connectivity index (χ3v) is 6.09. The molecule has 24 heavy (non-hydrogen) atoms. The molecule has 0 fully saturated rings. The van der Waals surface area contributed by atoms with Crippen molar-refractivity contribution in [1.82, 2.24) is 0 Å². The Morgan fingerprint density at radius 1 is 1.12 bits per heavy atom. The molecule has 0 saturated heterocycles. The van der Waals surface area contributed by atoms with E-state index >= 15 is 0 Å². The zero-order valence-electron chi connectivity index (χ0n) is 15.0. The first-order valence-electron chi connectivity index (χ1n) is 8.68. The number of nitrogens with zero attached hydrogens (tertiary/aromatic N) is 1. The second-order valence-electron chi connectivity index (χ2n) is 5.88. The Balaban J connectivity index is 3.09. The van der Waals surface area contributed by atoms with Gasteiger partial charge in [-0.05, 0) is 25.3 Å². The Morgan fingerprint density at radius 2 is 1.67 bits per heavy atom. The van der Waals surface area contributed by atoms with Crippen LogP contribution < -0.4 is 0 Å². The van der Waals surface area contributed by atoms with Crippen LogP contribution >= 0.6 is 7.60 Å². The first-order chi connectivity index (χ1) is 11.6. The molecule has 1 atom stereocenters. The lowest BCUT2D eigenvalue weighted by Gasteiger charge is -2.27. The van der Waals surface area contributed by atoms with Gasteiger partial charge >= 0.3 is 7.60 Å². The van der Waals surface area contributed by atoms with E-state index in [4.69, 9.17) is 14.3 Å². The van der Waals surface area contributed by atoms with Gasteiger partial charge in [0.15, 0.2) is 0 Å². The van der Waals surface area contributed by atoms with Crippen LogP contribution in [0.15, 0.2) is 35.5 Å². The predicted octanol–water partition coefficient (Wildman–Crippen LogP) is 5.79. The Morgan fingerprint density at radius 3 is 2.12 bits per heavy atom. The average molecular weight is 355 g/mol. The van der Waals surface area contributed by atoms with Crippen LogP contribution in [0.3, 0.4) is 0 Å². The quantitative estimate of drug-likeness (QED) is 0.169. The summed E-state index contributed by atoms with van der Waals surface area (Å²) in [4.78, 5) is 0. The minimum atomic E-state index is -3.37. The molecule has 1 aromatic rings. The molecule has 6 heteroatoms. The summed E-state index contributed by atoms with van der Waals surface area (Å²) in [6.07, 6.45) is 3.91. The molecule has 1 aromatic carbocycles. The van der Waals surface area contributed by atoms with Crippen molar-refractivity contribution in [2.24, 2.45) is 5.16 Å². The smallest absolute Gasteiger partial charge is 0.338 e. The number of rotatable bonds is 12. The van der Waals surface area contributed by atoms with Crippen LogP contribution in [0.5, 0.6) is 0 Å². The minimum absolute atomic E-state index is 0.329. The molecule has 0 spiro atoms. The molecule has 1 rings (SSSR count). The summed E-state index contributed by atoms with van der Waals surface area (Å²) in [7, 11) is -3.37. The molecule has 0 saturated carbocycles. The minimum Gasteiger partial charge on any atom is -0.411 e. The van der Waals surface area contributed by atoms with Crippen molar-refractivity contribution < 1.29 is 18.8 Å². The highest BCUT2D eigenvalue weighted by Gasteiger charge is 2.37. The highest BCUT2D eigenvalue weighted by atomic mass is 31.2. The Kier molecular flexibility index (Phi) is 9.92. The van der Waals surface area contributed by atoms with Gasteiger partial charge in [-0.2, -0.15) is 0 Å². The van der Waals surface area contributed by atoms with Gasteiger partial charge in [0, 0.05) is 6.42 Å². The molecule has 136 valence electrons. The number of oxime groups is 1. The largest absolute Gasteiger partial charge is 0.411 e. The van der Waals surface area contributed by atoms with Crippen LogP contribution in [0, 0.1) is 0 Å². The highest BCUT2D eigenvalue weighted by Crippen LogP contribution is 2.62. The van der Waals surface area contributed by atoms with E-state index in [0.717, 1.165) is 31.2 Å². The van der Waals surface area contributed by atoms with Crippen LogP contribution in [0.4, 0.5) is 0 Å². The van der Waals surface area contributed by atoms with Crippen molar-refractivity contribution >= 4 is 13.3 Å². The van der Waals surface area contributed by atoms with E-state index < -0.39 is 13.3 Å². The summed E-state index contributed by atoms with van der Waals surface area (Å²) in [6, 6.07) is 9.53. The molecule has 0 heterocycles. The van der Waals surface area contributed by atoms with Crippen molar-refractivity contribution in [3.8, 4) is 0 Å². The summed E-state index contributed by atoms with van der Waals surface area (Å²) in [5.74, 6) is 0. The SMILES string of the molecule is CCCCOP(=O)(OCCCC)C(CC(C)=NO)c1ccccc1. The van der Waals surface area contributed by atoms with Crippen molar-refractivity contribution in [3.05, 3.63) is 35.9 Å². The van der Waals surface area contributed by atoms with Gasteiger partial charge in [0.05, 0.1) is 24.6 Å². The van der Waals surface area contributed by atoms with E-state index in [2.05, 4.69) is 19.0 Å². The van der Waals surface area contributed by atoms with Gasteiger partial charge < -0.3 is 14.3 Å². The van der Waals surface area contributed by atoms with E-state index in [1.807, 2.05) is 30.3 Å². The van der Waals surface area contributed by atoms with Gasteiger partial charge in [0.2, 0.25) is 0 Å². The third kappa shape index (κ3) is 6.76. The number of hydrogen-bond donors (Lipinski definition) is 1. The highest BCUT2D eigenvalue weighted by molar-refractivity contribution is 7.54. The average Bonchev–Trinajstić information content (AvgIpc) is 2.60. The van der Waals surface area contributed by atoms with Crippen molar-refractivity contribution in [2.75, 3.05) is 13.2 Å². The molecule has 0 aliphatic heterocycles. The normalized spacial score (nSPS) is 13.9. The molecule has 0 amide bonds. The van der Waals surface area contributed by atoms with Gasteiger partial charge in [-0.25, -0.2) is 0 Å². The summed E-state index contributed by atoms with van der Waals surface area (Å²) in [5, 5.41) is 12.3. The summed E-state index contributed by atoms with van der Waals surface area (Å²) < 4.78 is 25.1. The molecule has 1 unspecified atom stereocenters. The predicted molar refractivity (Wildman–Crippen MR) is 98.0 cm³/mol. The van der Waals surface area contributed by atoms with Crippen LogP contribution in [-0.2, 0) is 13.6 Å². The Hall–Kier alpha value is -1.16. The zero-order valence-corrected chi connectivity index (χ0v) is 15.9. The third-order valence-electron chi connectivity index (χ3n) is 3.76. The lowest BCUT2D eigenvalue weighted by Crippen LogP contribution is -2.11. The van der Waals surface area contributed by atoms with E-state index in [1.165, 1.54) is 0 Å². The number of hydrogen-bond acceptors (Lipinski definition) is 5. The van der Waals surface area contributed by atoms with Gasteiger partial charge in [0.25, 0.3) is 0 Å². The Labute approximate surface area is 145 Å². The van der Waals surface area contributed by atoms with E-state index in [9.17, 15) is 4.57 Å². The van der Waals surface area contributed by atoms with Crippen LogP contribution in [-0.4, -0.2) is 24.1 Å². The van der Waals surface area contributed by atoms with Crippen molar-refractivity contribution in [1.29, 1.82) is 0 Å². The standard InChI is InChI=1S/C18H30NO4P/c1-4-6-13-22-24(21,23-14-7-5-2)18(15-16(3)19-20)17-11-9-8-10-12-17/h8-12,18,20H,4-7,13-15H2,1-3H3. The van der Waals surface area contributed by atoms with Gasteiger partial charge in [-0.3, -0.25) is 4.57 Å². The summed E-state index contributed by atoms with van der Waals surface area (Å²) >= 11 is 0. The first-order valence-corrected chi connectivity index (χ1v) is 10.3. The summed E-state index contributed by atoms with van der Waals surface area (Å²) in [5.41, 5.74) is 0.905. The van der Waals surface area contributed by atoms with Crippen LogP contribution in [0.25, 0.3) is 0 Å². The van der Waals surface area contributed by atoms with E-state index in [-0.39, 0.29) is 0 Å². The van der Waals surface area contributed by atoms with Gasteiger partial charge in [-0.1, -0.05) is 62.2 Å². The van der Waals surface area contributed by atoms with Crippen LogP contribution in [0.1, 0.15) is 64.1 Å². The fourth-order valence-corrected chi connectivity index (χ4v) is 4.52. The Bertz CT molecular complexity index is 519. The lowest BCUT2D eigenvalue weighted by molar-refractivity contribution is 0.192. The molecule has 0 aliphatic rings. The fraction of sp³-hybridized carbons (Fsp3) is 0.611. The molecule has 0 aliphatic carbocycles. The molecular formula is C18H30NO4P. The number of benzene rings is 1. The van der Waals surface area contributed by atoms with Crippen molar-refractivity contribution in [3.63, 3.8) is 0 Å². The molecule has 0 aromatic heterocycles. The zero-order chi connectivity index (χ0) is 17.8. The van der Waals surface area contributed by atoms with Crippen LogP contribution in [0.2, 0.25) is 0 Å². The van der Waals surface area contributed by atoms with E-state index in [0.29, 0.717) is 25.3 Å². The first kappa shape index (κ1) is 20.9. The van der Waals surface area contributed by atoms with Gasteiger partial charge in [-0.15, -0.1) is 0 Å². The molecule has 0 bridgehead atoms. The monoisotopic (exact) mass is 355 g/mol. The maximum absolute atomic E-state index is 13.5. The maximum Gasteiger partial charge on any atom is 0.338 e. The molecular weight excluding hydrogens is 325 g/mol. The molecule has 0 radical (unpaired) electrons. The van der Waals surface area contributed by atoms with Gasteiger partial charge in [0.1, 0.15) is 0 Å². The number of unbranched alkanes of at least 4 members (excludes halogenated alkanes) is 2. The summed E-state index contributed by atoms with van der Waals surface area (Å²) in [6.45, 7) is 6.63. The topological polar surface area (TPSA) is 68.1 Å². The lowest BCUT2D eigenvalue weighted by atomic mass is 10.1.